The topological polar surface area (TPSA) is 18.5 Å². The van der Waals surface area contributed by atoms with Crippen molar-refractivity contribution in [1.29, 1.82) is 0 Å². The molecule has 0 aromatic heterocycles. The summed E-state index contributed by atoms with van der Waals surface area (Å²) < 4.78 is 11.3. The summed E-state index contributed by atoms with van der Waals surface area (Å²) in [5.41, 5.74) is 0.349. The molecule has 2 rings (SSSR count). The Hall–Kier alpha value is -0.0800. The van der Waals surface area contributed by atoms with E-state index < -0.39 is 0 Å². The Kier molecular flexibility index (Phi) is 2.16. The van der Waals surface area contributed by atoms with Crippen LogP contribution in [0.2, 0.25) is 0 Å². The highest BCUT2D eigenvalue weighted by Crippen LogP contribution is 2.46. The molecular formula is C11H20O2. The molecule has 2 aliphatic heterocycles. The van der Waals surface area contributed by atoms with Gasteiger partial charge in [-0.2, -0.15) is 0 Å². The second-order valence-corrected chi connectivity index (χ2v) is 5.56. The first-order chi connectivity index (χ1) is 6.00. The van der Waals surface area contributed by atoms with E-state index >= 15 is 0 Å². The summed E-state index contributed by atoms with van der Waals surface area (Å²) in [6.45, 7) is 10.9. The van der Waals surface area contributed by atoms with E-state index in [0.717, 1.165) is 13.2 Å². The van der Waals surface area contributed by atoms with E-state index in [-0.39, 0.29) is 6.29 Å². The maximum atomic E-state index is 5.66. The molecule has 0 aromatic carbocycles. The van der Waals surface area contributed by atoms with Crippen LogP contribution in [0.15, 0.2) is 0 Å². The third-order valence-corrected chi connectivity index (χ3v) is 3.51. The highest BCUT2D eigenvalue weighted by Gasteiger charge is 2.49. The molecule has 0 aliphatic carbocycles. The first kappa shape index (κ1) is 9.47. The van der Waals surface area contributed by atoms with Gasteiger partial charge in [0.2, 0.25) is 0 Å². The second kappa shape index (κ2) is 2.96. The van der Waals surface area contributed by atoms with Crippen molar-refractivity contribution >= 4 is 0 Å². The van der Waals surface area contributed by atoms with Gasteiger partial charge in [0.1, 0.15) is 0 Å². The van der Waals surface area contributed by atoms with Crippen LogP contribution in [0.25, 0.3) is 0 Å². The van der Waals surface area contributed by atoms with Gasteiger partial charge in [0.05, 0.1) is 13.2 Å². The normalized spacial score (nSPS) is 45.2. The Bertz CT molecular complexity index is 195. The summed E-state index contributed by atoms with van der Waals surface area (Å²) in [4.78, 5) is 0. The van der Waals surface area contributed by atoms with Gasteiger partial charge in [-0.05, 0) is 17.3 Å². The van der Waals surface area contributed by atoms with Crippen LogP contribution in [0.1, 0.15) is 27.7 Å². The third kappa shape index (κ3) is 1.50. The molecule has 2 nitrogen and oxygen atoms in total. The monoisotopic (exact) mass is 184 g/mol. The number of rotatable bonds is 0. The molecule has 0 radical (unpaired) electrons. The van der Waals surface area contributed by atoms with Crippen molar-refractivity contribution in [3.05, 3.63) is 0 Å². The second-order valence-electron chi connectivity index (χ2n) is 5.56. The third-order valence-electron chi connectivity index (χ3n) is 3.51. The largest absolute Gasteiger partial charge is 0.352 e. The van der Waals surface area contributed by atoms with Crippen LogP contribution >= 0.6 is 0 Å². The van der Waals surface area contributed by atoms with Gasteiger partial charge in [-0.1, -0.05) is 27.7 Å². The minimum Gasteiger partial charge on any atom is -0.352 e. The summed E-state index contributed by atoms with van der Waals surface area (Å²) >= 11 is 0. The van der Waals surface area contributed by atoms with Crippen LogP contribution in [0, 0.1) is 23.2 Å². The van der Waals surface area contributed by atoms with Crippen LogP contribution in [-0.2, 0) is 9.47 Å². The lowest BCUT2D eigenvalue weighted by Crippen LogP contribution is -2.30. The number of hydrogen-bond donors (Lipinski definition) is 0. The van der Waals surface area contributed by atoms with Crippen LogP contribution in [-0.4, -0.2) is 19.5 Å². The summed E-state index contributed by atoms with van der Waals surface area (Å²) in [7, 11) is 0. The molecule has 13 heavy (non-hydrogen) atoms. The molecule has 2 saturated heterocycles. The van der Waals surface area contributed by atoms with Crippen LogP contribution in [0.5, 0.6) is 0 Å². The van der Waals surface area contributed by atoms with E-state index in [1.165, 1.54) is 0 Å². The van der Waals surface area contributed by atoms with Gasteiger partial charge < -0.3 is 9.47 Å². The minimum atomic E-state index is 0.0965. The molecule has 0 saturated carbocycles. The predicted octanol–water partition coefficient (Wildman–Crippen LogP) is 2.29. The Balaban J connectivity index is 2.15. The maximum absolute atomic E-state index is 5.66. The van der Waals surface area contributed by atoms with Crippen molar-refractivity contribution in [2.45, 2.75) is 34.0 Å². The predicted molar refractivity (Wildman–Crippen MR) is 51.3 cm³/mol. The molecule has 0 spiro atoms. The maximum Gasteiger partial charge on any atom is 0.161 e. The highest BCUT2D eigenvalue weighted by molar-refractivity contribution is 4.92. The molecule has 2 heterocycles. The lowest BCUT2D eigenvalue weighted by atomic mass is 9.71. The van der Waals surface area contributed by atoms with Crippen molar-refractivity contribution in [2.24, 2.45) is 23.2 Å². The van der Waals surface area contributed by atoms with Crippen molar-refractivity contribution in [3.8, 4) is 0 Å². The molecule has 0 amide bonds. The average Bonchev–Trinajstić information content (AvgIpc) is 2.51. The van der Waals surface area contributed by atoms with Gasteiger partial charge in [0, 0.05) is 5.92 Å². The quantitative estimate of drug-likeness (QED) is 0.575. The Labute approximate surface area is 80.6 Å². The van der Waals surface area contributed by atoms with E-state index in [9.17, 15) is 0 Å². The zero-order valence-corrected chi connectivity index (χ0v) is 9.04. The number of fused-ring (bicyclic) bond motifs is 1. The molecule has 0 bridgehead atoms. The highest BCUT2D eigenvalue weighted by atomic mass is 16.7. The fourth-order valence-electron chi connectivity index (χ4n) is 2.62. The van der Waals surface area contributed by atoms with Crippen molar-refractivity contribution < 1.29 is 9.47 Å². The summed E-state index contributed by atoms with van der Waals surface area (Å²) in [6.07, 6.45) is 0.0965. The average molecular weight is 184 g/mol. The van der Waals surface area contributed by atoms with Gasteiger partial charge in [-0.3, -0.25) is 0 Å². The van der Waals surface area contributed by atoms with E-state index in [0.29, 0.717) is 23.2 Å². The van der Waals surface area contributed by atoms with Gasteiger partial charge in [-0.25, -0.2) is 0 Å². The lowest BCUT2D eigenvalue weighted by Gasteiger charge is -2.31. The van der Waals surface area contributed by atoms with Crippen LogP contribution < -0.4 is 0 Å². The molecule has 2 aliphatic rings. The van der Waals surface area contributed by atoms with E-state index in [1.807, 2.05) is 0 Å². The Morgan fingerprint density at radius 1 is 1.08 bits per heavy atom. The molecule has 0 aromatic rings. The van der Waals surface area contributed by atoms with E-state index in [1.54, 1.807) is 0 Å². The van der Waals surface area contributed by atoms with Crippen molar-refractivity contribution in [2.75, 3.05) is 13.2 Å². The summed E-state index contributed by atoms with van der Waals surface area (Å²) in [5.74, 6) is 1.95. The molecular weight excluding hydrogens is 164 g/mol. The van der Waals surface area contributed by atoms with Gasteiger partial charge in [0.15, 0.2) is 6.29 Å². The molecule has 4 atom stereocenters. The summed E-state index contributed by atoms with van der Waals surface area (Å²) in [6, 6.07) is 0. The first-order valence-corrected chi connectivity index (χ1v) is 5.23. The van der Waals surface area contributed by atoms with Crippen LogP contribution in [0.4, 0.5) is 0 Å². The smallest absolute Gasteiger partial charge is 0.161 e. The Morgan fingerprint density at radius 3 is 2.31 bits per heavy atom. The van der Waals surface area contributed by atoms with Crippen LogP contribution in [0.3, 0.4) is 0 Å². The van der Waals surface area contributed by atoms with Gasteiger partial charge in [0.25, 0.3) is 0 Å². The minimum absolute atomic E-state index is 0.0965. The van der Waals surface area contributed by atoms with Gasteiger partial charge >= 0.3 is 0 Å². The summed E-state index contributed by atoms with van der Waals surface area (Å²) in [5, 5.41) is 0. The zero-order valence-electron chi connectivity index (χ0n) is 9.04. The molecule has 2 heteroatoms. The molecule has 76 valence electrons. The number of ether oxygens (including phenoxy) is 2. The lowest BCUT2D eigenvalue weighted by molar-refractivity contribution is -0.0907. The number of hydrogen-bond acceptors (Lipinski definition) is 2. The fraction of sp³-hybridized carbons (Fsp3) is 1.00. The zero-order chi connectivity index (χ0) is 9.64. The Morgan fingerprint density at radius 2 is 1.69 bits per heavy atom. The van der Waals surface area contributed by atoms with Crippen molar-refractivity contribution in [3.63, 3.8) is 0 Å². The SMILES string of the molecule is CC1COC2OCC(C(C)(C)C)C12. The van der Waals surface area contributed by atoms with E-state index in [4.69, 9.17) is 9.47 Å². The standard InChI is InChI=1S/C11H20O2/c1-7-5-12-10-9(7)8(6-13-10)11(2,3)4/h7-10H,5-6H2,1-4H3. The van der Waals surface area contributed by atoms with Gasteiger partial charge in [-0.15, -0.1) is 0 Å². The fourth-order valence-corrected chi connectivity index (χ4v) is 2.62. The molecule has 2 fully saturated rings. The van der Waals surface area contributed by atoms with E-state index in [2.05, 4.69) is 27.7 Å². The van der Waals surface area contributed by atoms with Crippen molar-refractivity contribution in [1.82, 2.24) is 0 Å². The molecule has 4 unspecified atom stereocenters. The molecule has 0 N–H and O–H groups in total. The first-order valence-electron chi connectivity index (χ1n) is 5.23.